The number of nitrogens with one attached hydrogen (secondary N) is 1. The minimum absolute atomic E-state index is 0.0280. The summed E-state index contributed by atoms with van der Waals surface area (Å²) in [5.41, 5.74) is 5.83. The Morgan fingerprint density at radius 2 is 1.63 bits per heavy atom. The lowest BCUT2D eigenvalue weighted by Crippen LogP contribution is -2.41. The van der Waals surface area contributed by atoms with Crippen LogP contribution in [0.3, 0.4) is 0 Å². The van der Waals surface area contributed by atoms with Gasteiger partial charge in [-0.1, -0.05) is 60.7 Å². The van der Waals surface area contributed by atoms with Crippen molar-refractivity contribution in [3.63, 3.8) is 0 Å². The zero-order chi connectivity index (χ0) is 24.4. The summed E-state index contributed by atoms with van der Waals surface area (Å²) in [7, 11) is 0. The highest BCUT2D eigenvalue weighted by molar-refractivity contribution is 5.87. The van der Waals surface area contributed by atoms with E-state index < -0.39 is 18.1 Å². The highest BCUT2D eigenvalue weighted by atomic mass is 16.5. The van der Waals surface area contributed by atoms with Gasteiger partial charge < -0.3 is 14.7 Å². The number of hydrogen-bond acceptors (Lipinski definition) is 4. The minimum atomic E-state index is -0.971. The van der Waals surface area contributed by atoms with Gasteiger partial charge in [0.05, 0.1) is 6.42 Å². The van der Waals surface area contributed by atoms with E-state index >= 15 is 0 Å². The average Bonchev–Trinajstić information content (AvgIpc) is 3.47. The van der Waals surface area contributed by atoms with E-state index in [-0.39, 0.29) is 24.9 Å². The molecule has 1 aliphatic heterocycles. The van der Waals surface area contributed by atoms with Gasteiger partial charge in [0.15, 0.2) is 0 Å². The van der Waals surface area contributed by atoms with Gasteiger partial charge in [-0.05, 0) is 52.8 Å². The van der Waals surface area contributed by atoms with Gasteiger partial charge in [-0.2, -0.15) is 0 Å². The van der Waals surface area contributed by atoms with Crippen molar-refractivity contribution in [3.8, 4) is 11.1 Å². The number of anilines is 1. The second kappa shape index (κ2) is 9.62. The summed E-state index contributed by atoms with van der Waals surface area (Å²) >= 11 is 0. The summed E-state index contributed by atoms with van der Waals surface area (Å²) < 4.78 is 5.60. The zero-order valence-electron chi connectivity index (χ0n) is 19.1. The van der Waals surface area contributed by atoms with Crippen LogP contribution in [0.2, 0.25) is 0 Å². The molecule has 3 aromatic rings. The predicted molar refractivity (Wildman–Crippen MR) is 131 cm³/mol. The lowest BCUT2D eigenvalue weighted by molar-refractivity contribution is -0.148. The maximum absolute atomic E-state index is 12.7. The molecule has 2 aliphatic rings. The number of hydrogen-bond donors (Lipinski definition) is 2. The largest absolute Gasteiger partial charge is 0.480 e. The number of carboxylic acids is 1. The molecule has 3 aromatic carbocycles. The summed E-state index contributed by atoms with van der Waals surface area (Å²) in [6, 6.07) is 22.5. The SMILES string of the molecule is O=C(Nc1cccc(CC(=O)N2CCC[C@@H]2C(=O)O)c1)OCC1c2ccccc2-c2ccccc21. The first kappa shape index (κ1) is 22.7. The first-order chi connectivity index (χ1) is 17.0. The molecule has 1 heterocycles. The molecule has 7 heteroatoms. The molecule has 35 heavy (non-hydrogen) atoms. The molecule has 1 saturated heterocycles. The fourth-order valence-corrected chi connectivity index (χ4v) is 5.11. The molecule has 1 atom stereocenters. The Morgan fingerprint density at radius 1 is 0.943 bits per heavy atom. The van der Waals surface area contributed by atoms with Crippen LogP contribution in [0.1, 0.15) is 35.4 Å². The normalized spacial score (nSPS) is 16.5. The number of likely N-dealkylation sites (tertiary alicyclic amines) is 1. The van der Waals surface area contributed by atoms with E-state index in [9.17, 15) is 19.5 Å². The molecule has 0 spiro atoms. The number of nitrogens with zero attached hydrogens (tertiary/aromatic N) is 1. The molecule has 0 saturated carbocycles. The standard InChI is InChI=1S/C28H26N2O5/c31-26(30-14-6-13-25(30)27(32)33)16-18-7-5-8-19(15-18)29-28(34)35-17-24-22-11-3-1-9-20(22)21-10-2-4-12-23(21)24/h1-5,7-12,15,24-25H,6,13-14,16-17H2,(H,29,34)(H,32,33)/t25-/m1/s1. The number of amides is 2. The predicted octanol–water partition coefficient (Wildman–Crippen LogP) is 4.67. The van der Waals surface area contributed by atoms with Crippen LogP contribution < -0.4 is 5.32 Å². The van der Waals surface area contributed by atoms with Gasteiger partial charge in [0.25, 0.3) is 0 Å². The monoisotopic (exact) mass is 470 g/mol. The first-order valence-corrected chi connectivity index (χ1v) is 11.7. The number of ether oxygens (including phenoxy) is 1. The van der Waals surface area contributed by atoms with E-state index in [2.05, 4.69) is 29.6 Å². The molecule has 7 nitrogen and oxygen atoms in total. The van der Waals surface area contributed by atoms with Gasteiger partial charge in [-0.25, -0.2) is 9.59 Å². The number of carbonyl (C=O) groups excluding carboxylic acids is 2. The van der Waals surface area contributed by atoms with Crippen LogP contribution in [0.5, 0.6) is 0 Å². The molecular weight excluding hydrogens is 444 g/mol. The Hall–Kier alpha value is -4.13. The summed E-state index contributed by atoms with van der Waals surface area (Å²) in [4.78, 5) is 38.1. The molecule has 1 fully saturated rings. The first-order valence-electron chi connectivity index (χ1n) is 11.7. The van der Waals surface area contributed by atoms with E-state index in [1.165, 1.54) is 4.90 Å². The lowest BCUT2D eigenvalue weighted by Gasteiger charge is -2.21. The van der Waals surface area contributed by atoms with Crippen molar-refractivity contribution in [2.75, 3.05) is 18.5 Å². The molecule has 0 bridgehead atoms. The van der Waals surface area contributed by atoms with Crippen molar-refractivity contribution in [1.29, 1.82) is 0 Å². The van der Waals surface area contributed by atoms with Crippen LogP contribution in [-0.4, -0.2) is 47.2 Å². The molecule has 1 aliphatic carbocycles. The van der Waals surface area contributed by atoms with Crippen molar-refractivity contribution >= 4 is 23.7 Å². The van der Waals surface area contributed by atoms with Crippen molar-refractivity contribution in [3.05, 3.63) is 89.5 Å². The third kappa shape index (κ3) is 4.62. The molecule has 0 unspecified atom stereocenters. The van der Waals surface area contributed by atoms with E-state index in [1.807, 2.05) is 24.3 Å². The van der Waals surface area contributed by atoms with Crippen molar-refractivity contribution < 1.29 is 24.2 Å². The molecule has 5 rings (SSSR count). The average molecular weight is 471 g/mol. The molecule has 0 aromatic heterocycles. The molecule has 0 radical (unpaired) electrons. The van der Waals surface area contributed by atoms with E-state index in [0.717, 1.165) is 22.3 Å². The molecular formula is C28H26N2O5. The fraction of sp³-hybridized carbons (Fsp3) is 0.250. The maximum atomic E-state index is 12.7. The molecule has 178 valence electrons. The number of aliphatic carboxylic acids is 1. The smallest absolute Gasteiger partial charge is 0.411 e. The minimum Gasteiger partial charge on any atom is -0.480 e. The topological polar surface area (TPSA) is 95.9 Å². The summed E-state index contributed by atoms with van der Waals surface area (Å²) in [5.74, 6) is -1.23. The van der Waals surface area contributed by atoms with E-state index in [1.54, 1.807) is 24.3 Å². The van der Waals surface area contributed by atoms with Crippen LogP contribution >= 0.6 is 0 Å². The maximum Gasteiger partial charge on any atom is 0.411 e. The molecule has 2 amide bonds. The van der Waals surface area contributed by atoms with Gasteiger partial charge in [0.1, 0.15) is 12.6 Å². The number of rotatable bonds is 6. The van der Waals surface area contributed by atoms with Gasteiger partial charge in [-0.15, -0.1) is 0 Å². The number of fused-ring (bicyclic) bond motifs is 3. The van der Waals surface area contributed by atoms with Gasteiger partial charge in [-0.3, -0.25) is 10.1 Å². The van der Waals surface area contributed by atoms with Crippen LogP contribution in [0.15, 0.2) is 72.8 Å². The Labute approximate surface area is 203 Å². The Kier molecular flexibility index (Phi) is 6.23. The summed E-state index contributed by atoms with van der Waals surface area (Å²) in [5, 5.41) is 12.1. The highest BCUT2D eigenvalue weighted by Crippen LogP contribution is 2.44. The number of benzene rings is 3. The third-order valence-electron chi connectivity index (χ3n) is 6.73. The van der Waals surface area contributed by atoms with Crippen LogP contribution in [0.25, 0.3) is 11.1 Å². The van der Waals surface area contributed by atoms with E-state index in [0.29, 0.717) is 30.6 Å². The van der Waals surface area contributed by atoms with Crippen molar-refractivity contribution in [2.24, 2.45) is 0 Å². The summed E-state index contributed by atoms with van der Waals surface area (Å²) in [6.07, 6.45) is 0.668. The highest BCUT2D eigenvalue weighted by Gasteiger charge is 2.33. The van der Waals surface area contributed by atoms with Crippen molar-refractivity contribution in [2.45, 2.75) is 31.2 Å². The van der Waals surface area contributed by atoms with Crippen LogP contribution in [0, 0.1) is 0 Å². The lowest BCUT2D eigenvalue weighted by atomic mass is 9.98. The van der Waals surface area contributed by atoms with E-state index in [4.69, 9.17) is 4.74 Å². The Balaban J connectivity index is 1.21. The third-order valence-corrected chi connectivity index (χ3v) is 6.73. The second-order valence-corrected chi connectivity index (χ2v) is 8.91. The van der Waals surface area contributed by atoms with Gasteiger partial charge in [0, 0.05) is 18.2 Å². The Morgan fingerprint density at radius 3 is 2.31 bits per heavy atom. The fourth-order valence-electron chi connectivity index (χ4n) is 5.11. The number of carbonyl (C=O) groups is 3. The van der Waals surface area contributed by atoms with Gasteiger partial charge in [0.2, 0.25) is 5.91 Å². The van der Waals surface area contributed by atoms with Gasteiger partial charge >= 0.3 is 12.1 Å². The quantitative estimate of drug-likeness (QED) is 0.546. The molecule has 2 N–H and O–H groups in total. The summed E-state index contributed by atoms with van der Waals surface area (Å²) in [6.45, 7) is 0.664. The second-order valence-electron chi connectivity index (χ2n) is 8.91. The zero-order valence-corrected chi connectivity index (χ0v) is 19.1. The van der Waals surface area contributed by atoms with Crippen LogP contribution in [0.4, 0.5) is 10.5 Å². The number of carboxylic acid groups (broad SMARTS) is 1. The van der Waals surface area contributed by atoms with Crippen LogP contribution in [-0.2, 0) is 20.7 Å². The Bertz CT molecular complexity index is 1240. The van der Waals surface area contributed by atoms with Crippen molar-refractivity contribution in [1.82, 2.24) is 4.90 Å².